The summed E-state index contributed by atoms with van der Waals surface area (Å²) in [6.45, 7) is 7.91. The molecule has 0 aliphatic rings. The van der Waals surface area contributed by atoms with Crippen LogP contribution < -0.4 is 15.4 Å². The Balaban J connectivity index is 1.84. The van der Waals surface area contributed by atoms with Crippen molar-refractivity contribution < 1.29 is 8.42 Å². The average Bonchev–Trinajstić information content (AvgIpc) is 3.11. The molecular formula is C18H27N5O2S2. The predicted molar refractivity (Wildman–Crippen MR) is 111 cm³/mol. The van der Waals surface area contributed by atoms with Gasteiger partial charge >= 0.3 is 0 Å². The van der Waals surface area contributed by atoms with Crippen LogP contribution in [0.1, 0.15) is 29.3 Å². The standard InChI is InChI=1S/C18H27N5O2S2/c1-4-15-12-21-17(26-15)13-22-18(19-5-2)20-10-11-23-27(24,25)16-8-6-14(3)7-9-16/h6-9,12,23H,4-5,10-11,13H2,1-3H3,(H2,19,20,22). The smallest absolute Gasteiger partial charge is 0.240 e. The number of hydrogen-bond donors (Lipinski definition) is 3. The molecule has 0 saturated carbocycles. The number of rotatable bonds is 9. The largest absolute Gasteiger partial charge is 0.357 e. The number of sulfonamides is 1. The first-order chi connectivity index (χ1) is 12.9. The summed E-state index contributed by atoms with van der Waals surface area (Å²) >= 11 is 1.66. The molecule has 0 amide bonds. The molecule has 9 heteroatoms. The van der Waals surface area contributed by atoms with Crippen LogP contribution in [0.25, 0.3) is 0 Å². The van der Waals surface area contributed by atoms with Gasteiger partial charge in [0.15, 0.2) is 5.96 Å². The van der Waals surface area contributed by atoms with Crippen LogP contribution in [0.4, 0.5) is 0 Å². The SMILES string of the molecule is CCNC(=NCc1ncc(CC)s1)NCCNS(=O)(=O)c1ccc(C)cc1. The van der Waals surface area contributed by atoms with Crippen LogP contribution in [0.3, 0.4) is 0 Å². The Morgan fingerprint density at radius 2 is 1.89 bits per heavy atom. The van der Waals surface area contributed by atoms with E-state index in [1.54, 1.807) is 35.6 Å². The Hall–Kier alpha value is -1.97. The van der Waals surface area contributed by atoms with Crippen LogP contribution in [0, 0.1) is 6.92 Å². The quantitative estimate of drug-likeness (QED) is 0.335. The lowest BCUT2D eigenvalue weighted by Gasteiger charge is -2.12. The lowest BCUT2D eigenvalue weighted by molar-refractivity contribution is 0.580. The topological polar surface area (TPSA) is 95.5 Å². The Morgan fingerprint density at radius 1 is 1.15 bits per heavy atom. The molecule has 2 aromatic rings. The molecule has 0 unspecified atom stereocenters. The molecule has 27 heavy (non-hydrogen) atoms. The highest BCUT2D eigenvalue weighted by Crippen LogP contribution is 2.14. The summed E-state index contributed by atoms with van der Waals surface area (Å²) in [4.78, 5) is 10.4. The maximum absolute atomic E-state index is 12.3. The highest BCUT2D eigenvalue weighted by atomic mass is 32.2. The third-order valence-corrected chi connectivity index (χ3v) is 6.31. The molecule has 0 radical (unpaired) electrons. The molecule has 148 valence electrons. The summed E-state index contributed by atoms with van der Waals surface area (Å²) in [6.07, 6.45) is 2.86. The van der Waals surface area contributed by atoms with Gasteiger partial charge in [-0.2, -0.15) is 0 Å². The number of aryl methyl sites for hydroxylation is 2. The Kier molecular flexibility index (Phi) is 8.21. The molecule has 7 nitrogen and oxygen atoms in total. The highest BCUT2D eigenvalue weighted by Gasteiger charge is 2.12. The summed E-state index contributed by atoms with van der Waals surface area (Å²) in [6, 6.07) is 6.78. The summed E-state index contributed by atoms with van der Waals surface area (Å²) in [7, 11) is -3.50. The number of guanidine groups is 1. The summed E-state index contributed by atoms with van der Waals surface area (Å²) in [5.41, 5.74) is 1.02. The van der Waals surface area contributed by atoms with Gasteiger partial charge in [0, 0.05) is 30.7 Å². The fraction of sp³-hybridized carbons (Fsp3) is 0.444. The van der Waals surface area contributed by atoms with Gasteiger partial charge in [0.2, 0.25) is 10.0 Å². The number of thiazole rings is 1. The molecule has 3 N–H and O–H groups in total. The minimum absolute atomic E-state index is 0.262. The van der Waals surface area contributed by atoms with E-state index in [4.69, 9.17) is 0 Å². The first kappa shape index (κ1) is 21.3. The second-order valence-corrected chi connectivity index (χ2v) is 8.87. The van der Waals surface area contributed by atoms with Gasteiger partial charge in [-0.15, -0.1) is 11.3 Å². The van der Waals surface area contributed by atoms with Gasteiger partial charge in [-0.25, -0.2) is 23.1 Å². The van der Waals surface area contributed by atoms with Crippen LogP contribution >= 0.6 is 11.3 Å². The summed E-state index contributed by atoms with van der Waals surface area (Å²) in [5.74, 6) is 0.639. The van der Waals surface area contributed by atoms with Gasteiger partial charge in [0.25, 0.3) is 0 Å². The molecule has 1 aromatic heterocycles. The third kappa shape index (κ3) is 6.93. The first-order valence-electron chi connectivity index (χ1n) is 8.96. The molecule has 1 heterocycles. The van der Waals surface area contributed by atoms with Gasteiger partial charge in [-0.05, 0) is 32.4 Å². The van der Waals surface area contributed by atoms with E-state index in [0.29, 0.717) is 19.0 Å². The zero-order valence-electron chi connectivity index (χ0n) is 15.9. The number of nitrogens with one attached hydrogen (secondary N) is 3. The van der Waals surface area contributed by atoms with Gasteiger partial charge in [0.05, 0.1) is 11.4 Å². The molecule has 2 rings (SSSR count). The average molecular weight is 410 g/mol. The fourth-order valence-corrected chi connectivity index (χ4v) is 4.06. The van der Waals surface area contributed by atoms with Gasteiger partial charge in [0.1, 0.15) is 5.01 Å². The Bertz CT molecular complexity index is 845. The van der Waals surface area contributed by atoms with Crippen molar-refractivity contribution in [3.63, 3.8) is 0 Å². The monoisotopic (exact) mass is 409 g/mol. The lowest BCUT2D eigenvalue weighted by atomic mass is 10.2. The van der Waals surface area contributed by atoms with Crippen molar-refractivity contribution >= 4 is 27.3 Å². The lowest BCUT2D eigenvalue weighted by Crippen LogP contribution is -2.41. The van der Waals surface area contributed by atoms with E-state index in [9.17, 15) is 8.42 Å². The molecule has 0 spiro atoms. The zero-order chi connectivity index (χ0) is 19.7. The van der Waals surface area contributed by atoms with Crippen molar-refractivity contribution in [1.82, 2.24) is 20.3 Å². The van der Waals surface area contributed by atoms with Crippen molar-refractivity contribution in [3.05, 3.63) is 45.9 Å². The number of hydrogen-bond acceptors (Lipinski definition) is 5. The van der Waals surface area contributed by atoms with Crippen LogP contribution in [-0.2, 0) is 23.0 Å². The van der Waals surface area contributed by atoms with Gasteiger partial charge in [-0.3, -0.25) is 0 Å². The van der Waals surface area contributed by atoms with Crippen LogP contribution in [0.15, 0.2) is 40.4 Å². The zero-order valence-corrected chi connectivity index (χ0v) is 17.6. The summed E-state index contributed by atoms with van der Waals surface area (Å²) in [5, 5.41) is 7.24. The fourth-order valence-electron chi connectivity index (χ4n) is 2.24. The van der Waals surface area contributed by atoms with Gasteiger partial charge in [-0.1, -0.05) is 24.6 Å². The molecule has 0 saturated heterocycles. The first-order valence-corrected chi connectivity index (χ1v) is 11.3. The van der Waals surface area contributed by atoms with Gasteiger partial charge < -0.3 is 10.6 Å². The van der Waals surface area contributed by atoms with E-state index >= 15 is 0 Å². The second-order valence-electron chi connectivity index (χ2n) is 5.91. The molecular weight excluding hydrogens is 382 g/mol. The van der Waals surface area contributed by atoms with Crippen molar-refractivity contribution in [2.75, 3.05) is 19.6 Å². The van der Waals surface area contributed by atoms with Crippen molar-refractivity contribution in [1.29, 1.82) is 0 Å². The number of benzene rings is 1. The second kappa shape index (κ2) is 10.4. The Labute approximate surface area is 165 Å². The van der Waals surface area contributed by atoms with Crippen molar-refractivity contribution in [3.8, 4) is 0 Å². The molecule has 1 aromatic carbocycles. The van der Waals surface area contributed by atoms with Crippen LogP contribution in [0.2, 0.25) is 0 Å². The van der Waals surface area contributed by atoms with Crippen LogP contribution in [-0.4, -0.2) is 39.0 Å². The summed E-state index contributed by atoms with van der Waals surface area (Å²) < 4.78 is 27.1. The number of aliphatic imine (C=N–C) groups is 1. The van der Waals surface area contributed by atoms with Crippen molar-refractivity contribution in [2.45, 2.75) is 38.6 Å². The number of aromatic nitrogens is 1. The van der Waals surface area contributed by atoms with E-state index in [2.05, 4.69) is 32.3 Å². The molecule has 0 fully saturated rings. The minimum atomic E-state index is -3.50. The van der Waals surface area contributed by atoms with E-state index in [1.807, 2.05) is 20.0 Å². The van der Waals surface area contributed by atoms with E-state index in [0.717, 1.165) is 23.5 Å². The van der Waals surface area contributed by atoms with Crippen LogP contribution in [0.5, 0.6) is 0 Å². The van der Waals surface area contributed by atoms with E-state index in [1.165, 1.54) is 4.88 Å². The predicted octanol–water partition coefficient (Wildman–Crippen LogP) is 2.05. The minimum Gasteiger partial charge on any atom is -0.357 e. The molecule has 0 atom stereocenters. The van der Waals surface area contributed by atoms with E-state index < -0.39 is 10.0 Å². The third-order valence-electron chi connectivity index (χ3n) is 3.71. The number of nitrogens with zero attached hydrogens (tertiary/aromatic N) is 2. The molecule has 0 aliphatic heterocycles. The Morgan fingerprint density at radius 3 is 2.52 bits per heavy atom. The normalized spacial score (nSPS) is 12.2. The highest BCUT2D eigenvalue weighted by molar-refractivity contribution is 7.89. The van der Waals surface area contributed by atoms with E-state index in [-0.39, 0.29) is 11.4 Å². The maximum atomic E-state index is 12.3. The maximum Gasteiger partial charge on any atom is 0.240 e. The molecule has 0 aliphatic carbocycles. The molecule has 0 bridgehead atoms. The van der Waals surface area contributed by atoms with Crippen molar-refractivity contribution in [2.24, 2.45) is 4.99 Å².